The van der Waals surface area contributed by atoms with Gasteiger partial charge in [-0.15, -0.1) is 12.4 Å². The van der Waals surface area contributed by atoms with Crippen molar-refractivity contribution in [3.8, 4) is 0 Å². The number of hydrogen-bond donors (Lipinski definition) is 2. The molecule has 0 unspecified atom stereocenters. The van der Waals surface area contributed by atoms with Crippen molar-refractivity contribution in [3.63, 3.8) is 0 Å². The predicted octanol–water partition coefficient (Wildman–Crippen LogP) is 0.646. The van der Waals surface area contributed by atoms with Crippen molar-refractivity contribution in [1.82, 2.24) is 5.32 Å². The lowest BCUT2D eigenvalue weighted by molar-refractivity contribution is 0.196. The summed E-state index contributed by atoms with van der Waals surface area (Å²) in [6.07, 6.45) is 2.81. The van der Waals surface area contributed by atoms with Crippen LogP contribution in [0.4, 0.5) is 0 Å². The minimum atomic E-state index is 0. The Morgan fingerprint density at radius 1 is 1.27 bits per heavy atom. The maximum Gasteiger partial charge on any atom is 0.0474 e. The van der Waals surface area contributed by atoms with Crippen molar-refractivity contribution in [1.29, 1.82) is 0 Å². The molecule has 2 aliphatic rings. The molecule has 0 radical (unpaired) electrons. The van der Waals surface area contributed by atoms with Crippen LogP contribution in [0, 0.1) is 17.8 Å². The SMILES string of the molecule is Cl.OC[C@@H]1CNC[C@H]1C1CC1. The molecule has 1 heterocycles. The number of aliphatic hydroxyl groups is 1. The summed E-state index contributed by atoms with van der Waals surface area (Å²) in [5.41, 5.74) is 0. The normalized spacial score (nSPS) is 36.8. The highest BCUT2D eigenvalue weighted by Gasteiger charge is 2.38. The summed E-state index contributed by atoms with van der Waals surface area (Å²) in [5.74, 6) is 2.31. The number of aliphatic hydroxyl groups excluding tert-OH is 1. The fraction of sp³-hybridized carbons (Fsp3) is 1.00. The van der Waals surface area contributed by atoms with E-state index < -0.39 is 0 Å². The smallest absolute Gasteiger partial charge is 0.0474 e. The van der Waals surface area contributed by atoms with Gasteiger partial charge in [0.25, 0.3) is 0 Å². The van der Waals surface area contributed by atoms with Crippen molar-refractivity contribution in [2.45, 2.75) is 12.8 Å². The van der Waals surface area contributed by atoms with Gasteiger partial charge in [-0.2, -0.15) is 0 Å². The molecule has 0 amide bonds. The summed E-state index contributed by atoms with van der Waals surface area (Å²) < 4.78 is 0. The van der Waals surface area contributed by atoms with E-state index in [0.29, 0.717) is 12.5 Å². The lowest BCUT2D eigenvalue weighted by Crippen LogP contribution is -2.17. The van der Waals surface area contributed by atoms with Gasteiger partial charge < -0.3 is 10.4 Å². The van der Waals surface area contributed by atoms with Crippen molar-refractivity contribution in [3.05, 3.63) is 0 Å². The standard InChI is InChI=1S/C8H15NO.ClH/c10-5-7-3-9-4-8(7)6-1-2-6;/h6-10H,1-5H2;1H/t7-,8-;/m0./s1. The second-order valence-corrected chi connectivity index (χ2v) is 3.60. The quantitative estimate of drug-likeness (QED) is 0.649. The minimum absolute atomic E-state index is 0. The third kappa shape index (κ3) is 1.86. The van der Waals surface area contributed by atoms with Crippen molar-refractivity contribution in [2.24, 2.45) is 17.8 Å². The first kappa shape index (κ1) is 9.30. The van der Waals surface area contributed by atoms with E-state index in [4.69, 9.17) is 5.11 Å². The molecule has 1 saturated carbocycles. The molecule has 1 aliphatic carbocycles. The van der Waals surface area contributed by atoms with Crippen LogP contribution < -0.4 is 5.32 Å². The molecule has 3 heteroatoms. The van der Waals surface area contributed by atoms with E-state index in [0.717, 1.165) is 24.9 Å². The first-order valence-corrected chi connectivity index (χ1v) is 4.23. The zero-order valence-electron chi connectivity index (χ0n) is 6.62. The molecule has 0 bridgehead atoms. The fourth-order valence-corrected chi connectivity index (χ4v) is 2.03. The van der Waals surface area contributed by atoms with Gasteiger partial charge >= 0.3 is 0 Å². The van der Waals surface area contributed by atoms with Gasteiger partial charge in [-0.1, -0.05) is 0 Å². The lowest BCUT2D eigenvalue weighted by atomic mass is 9.92. The zero-order chi connectivity index (χ0) is 6.97. The van der Waals surface area contributed by atoms with E-state index in [2.05, 4.69) is 5.32 Å². The number of hydrogen-bond acceptors (Lipinski definition) is 2. The summed E-state index contributed by atoms with van der Waals surface area (Å²) in [6.45, 7) is 2.57. The Bertz CT molecular complexity index is 127. The Hall–Kier alpha value is 0.210. The molecule has 2 fully saturated rings. The maximum absolute atomic E-state index is 8.97. The van der Waals surface area contributed by atoms with Gasteiger partial charge in [0, 0.05) is 13.2 Å². The molecule has 0 aromatic heterocycles. The second kappa shape index (κ2) is 3.74. The molecule has 11 heavy (non-hydrogen) atoms. The minimum Gasteiger partial charge on any atom is -0.396 e. The van der Waals surface area contributed by atoms with Gasteiger partial charge in [-0.3, -0.25) is 0 Å². The lowest BCUT2D eigenvalue weighted by Gasteiger charge is -2.13. The summed E-state index contributed by atoms with van der Waals surface area (Å²) >= 11 is 0. The number of nitrogens with one attached hydrogen (secondary N) is 1. The molecule has 0 aromatic carbocycles. The zero-order valence-corrected chi connectivity index (χ0v) is 7.44. The van der Waals surface area contributed by atoms with E-state index in [9.17, 15) is 0 Å². The Balaban J connectivity index is 0.000000605. The monoisotopic (exact) mass is 177 g/mol. The van der Waals surface area contributed by atoms with E-state index in [1.807, 2.05) is 0 Å². The summed E-state index contributed by atoms with van der Waals surface area (Å²) in [4.78, 5) is 0. The molecule has 2 nitrogen and oxygen atoms in total. The van der Waals surface area contributed by atoms with Gasteiger partial charge in [-0.05, 0) is 37.1 Å². The van der Waals surface area contributed by atoms with Crippen LogP contribution >= 0.6 is 12.4 Å². The Morgan fingerprint density at radius 3 is 2.55 bits per heavy atom. The van der Waals surface area contributed by atoms with Crippen molar-refractivity contribution >= 4 is 12.4 Å². The number of rotatable bonds is 2. The van der Waals surface area contributed by atoms with Crippen LogP contribution in [-0.2, 0) is 0 Å². The van der Waals surface area contributed by atoms with Gasteiger partial charge in [0.2, 0.25) is 0 Å². The van der Waals surface area contributed by atoms with Crippen LogP contribution in [0.15, 0.2) is 0 Å². The molecule has 2 atom stereocenters. The highest BCUT2D eigenvalue weighted by atomic mass is 35.5. The molecular weight excluding hydrogens is 162 g/mol. The fourth-order valence-electron chi connectivity index (χ4n) is 2.03. The molecule has 0 spiro atoms. The van der Waals surface area contributed by atoms with Crippen LogP contribution in [0.3, 0.4) is 0 Å². The van der Waals surface area contributed by atoms with Gasteiger partial charge in [-0.25, -0.2) is 0 Å². The third-order valence-electron chi connectivity index (χ3n) is 2.85. The van der Waals surface area contributed by atoms with Crippen LogP contribution in [0.1, 0.15) is 12.8 Å². The molecule has 1 aliphatic heterocycles. The first-order valence-electron chi connectivity index (χ1n) is 4.23. The third-order valence-corrected chi connectivity index (χ3v) is 2.85. The van der Waals surface area contributed by atoms with Crippen molar-refractivity contribution < 1.29 is 5.11 Å². The second-order valence-electron chi connectivity index (χ2n) is 3.60. The molecular formula is C8H16ClNO. The van der Waals surface area contributed by atoms with Gasteiger partial charge in [0.15, 0.2) is 0 Å². The molecule has 1 saturated heterocycles. The molecule has 2 N–H and O–H groups in total. The van der Waals surface area contributed by atoms with Gasteiger partial charge in [0.05, 0.1) is 0 Å². The van der Waals surface area contributed by atoms with E-state index >= 15 is 0 Å². The van der Waals surface area contributed by atoms with Gasteiger partial charge in [0.1, 0.15) is 0 Å². The number of halogens is 1. The van der Waals surface area contributed by atoms with Crippen LogP contribution in [-0.4, -0.2) is 24.8 Å². The highest BCUT2D eigenvalue weighted by molar-refractivity contribution is 5.85. The Kier molecular flexibility index (Phi) is 3.16. The van der Waals surface area contributed by atoms with Crippen LogP contribution in [0.25, 0.3) is 0 Å². The maximum atomic E-state index is 8.97. The average molecular weight is 178 g/mol. The topological polar surface area (TPSA) is 32.3 Å². The highest BCUT2D eigenvalue weighted by Crippen LogP contribution is 2.41. The Morgan fingerprint density at radius 2 is 2.00 bits per heavy atom. The molecule has 2 rings (SSSR count). The summed E-state index contributed by atoms with van der Waals surface area (Å²) in [6, 6.07) is 0. The van der Waals surface area contributed by atoms with E-state index in [1.54, 1.807) is 0 Å². The Labute approximate surface area is 73.8 Å². The molecule has 0 aromatic rings. The summed E-state index contributed by atoms with van der Waals surface area (Å²) in [5, 5.41) is 12.3. The van der Waals surface area contributed by atoms with E-state index in [1.165, 1.54) is 12.8 Å². The van der Waals surface area contributed by atoms with E-state index in [-0.39, 0.29) is 12.4 Å². The predicted molar refractivity (Wildman–Crippen MR) is 46.9 cm³/mol. The molecule has 66 valence electrons. The van der Waals surface area contributed by atoms with Crippen LogP contribution in [0.2, 0.25) is 0 Å². The average Bonchev–Trinajstić information content (AvgIpc) is 2.69. The van der Waals surface area contributed by atoms with Crippen LogP contribution in [0.5, 0.6) is 0 Å². The summed E-state index contributed by atoms with van der Waals surface area (Å²) in [7, 11) is 0. The first-order chi connectivity index (χ1) is 4.92. The largest absolute Gasteiger partial charge is 0.396 e. The van der Waals surface area contributed by atoms with Crippen molar-refractivity contribution in [2.75, 3.05) is 19.7 Å².